The van der Waals surface area contributed by atoms with Gasteiger partial charge in [-0.3, -0.25) is 9.20 Å². The maximum atomic E-state index is 11.3. The number of rotatable bonds is 0. The van der Waals surface area contributed by atoms with Crippen molar-refractivity contribution in [2.24, 2.45) is 0 Å². The minimum atomic E-state index is -0.0137. The summed E-state index contributed by atoms with van der Waals surface area (Å²) >= 11 is 0. The van der Waals surface area contributed by atoms with E-state index in [4.69, 9.17) is 0 Å². The molecule has 0 atom stereocenters. The minimum Gasteiger partial charge on any atom is -0.510 e. The van der Waals surface area contributed by atoms with Crippen molar-refractivity contribution in [1.82, 2.24) is 9.38 Å². The number of benzene rings is 1. The summed E-state index contributed by atoms with van der Waals surface area (Å²) in [6, 6.07) is 6.75. The molecule has 0 amide bonds. The van der Waals surface area contributed by atoms with Gasteiger partial charge < -0.3 is 5.11 Å². The normalized spacial score (nSPS) is 13.2. The Kier molecular flexibility index (Phi) is 2.13. The first kappa shape index (κ1) is 10.8. The van der Waals surface area contributed by atoms with Gasteiger partial charge in [-0.1, -0.05) is 0 Å². The van der Waals surface area contributed by atoms with Gasteiger partial charge in [0.2, 0.25) is 0 Å². The number of nitrogens with zero attached hydrogens (tertiary/aromatic N) is 2. The van der Waals surface area contributed by atoms with Crippen molar-refractivity contribution < 1.29 is 5.11 Å². The lowest BCUT2D eigenvalue weighted by Crippen LogP contribution is -2.14. The van der Waals surface area contributed by atoms with Gasteiger partial charge in [0, 0.05) is 11.6 Å². The van der Waals surface area contributed by atoms with Gasteiger partial charge in [0.1, 0.15) is 16.8 Å². The number of fused-ring (bicyclic) bond motifs is 3. The average Bonchev–Trinajstić information content (AvgIpc) is 2.64. The Labute approximate surface area is 103 Å². The van der Waals surface area contributed by atoms with Crippen LogP contribution in [0, 0.1) is 6.92 Å². The first-order chi connectivity index (χ1) is 8.58. The van der Waals surface area contributed by atoms with Crippen LogP contribution in [0.3, 0.4) is 0 Å². The third-order valence-electron chi connectivity index (χ3n) is 3.10. The molecule has 0 aliphatic carbocycles. The zero-order chi connectivity index (χ0) is 12.9. The van der Waals surface area contributed by atoms with Crippen molar-refractivity contribution in [1.29, 1.82) is 0 Å². The molecule has 4 nitrogen and oxygen atoms in total. The molecule has 1 N–H and O–H groups in total. The van der Waals surface area contributed by atoms with Crippen molar-refractivity contribution in [3.63, 3.8) is 0 Å². The third kappa shape index (κ3) is 1.39. The van der Waals surface area contributed by atoms with Crippen LogP contribution in [0.25, 0.3) is 22.2 Å². The Hall–Kier alpha value is -2.36. The van der Waals surface area contributed by atoms with Crippen LogP contribution < -0.4 is 10.8 Å². The third-order valence-corrected chi connectivity index (χ3v) is 3.10. The Balaban J connectivity index is 2.63. The molecule has 0 aliphatic rings. The van der Waals surface area contributed by atoms with Gasteiger partial charge in [0.25, 0.3) is 0 Å². The molecule has 0 bridgehead atoms. The van der Waals surface area contributed by atoms with Gasteiger partial charge in [-0.25, -0.2) is 4.98 Å². The van der Waals surface area contributed by atoms with Crippen molar-refractivity contribution in [3.05, 3.63) is 51.7 Å². The van der Waals surface area contributed by atoms with E-state index in [2.05, 4.69) is 4.98 Å². The molecule has 0 radical (unpaired) electrons. The Morgan fingerprint density at radius 2 is 2.11 bits per heavy atom. The molecule has 0 saturated heterocycles. The van der Waals surface area contributed by atoms with Crippen LogP contribution in [0.15, 0.2) is 35.3 Å². The molecule has 0 aliphatic heterocycles. The molecular weight excluding hydrogens is 228 g/mol. The molecule has 90 valence electrons. The molecule has 0 fully saturated rings. The van der Waals surface area contributed by atoms with Crippen LogP contribution in [0.4, 0.5) is 0 Å². The fourth-order valence-corrected chi connectivity index (χ4v) is 2.35. The molecule has 18 heavy (non-hydrogen) atoms. The highest BCUT2D eigenvalue weighted by Crippen LogP contribution is 2.16. The summed E-state index contributed by atoms with van der Waals surface area (Å²) in [5, 5.41) is 12.2. The van der Waals surface area contributed by atoms with E-state index < -0.39 is 0 Å². The van der Waals surface area contributed by atoms with Crippen molar-refractivity contribution in [3.8, 4) is 0 Å². The number of aliphatic hydroxyl groups is 1. The van der Waals surface area contributed by atoms with Crippen LogP contribution in [-0.4, -0.2) is 14.5 Å². The molecule has 4 heteroatoms. The Morgan fingerprint density at radius 1 is 1.33 bits per heavy atom. The highest BCUT2D eigenvalue weighted by molar-refractivity contribution is 5.93. The monoisotopic (exact) mass is 240 g/mol. The second-order valence-corrected chi connectivity index (χ2v) is 4.39. The fraction of sp³-hybridized carbons (Fsp3) is 0.143. The molecule has 3 rings (SSSR count). The van der Waals surface area contributed by atoms with Crippen LogP contribution in [0.2, 0.25) is 0 Å². The summed E-state index contributed by atoms with van der Waals surface area (Å²) in [6.07, 6.45) is 1.83. The van der Waals surface area contributed by atoms with E-state index in [1.54, 1.807) is 19.1 Å². The number of hydrogen-bond acceptors (Lipinski definition) is 3. The minimum absolute atomic E-state index is 0.0137. The Morgan fingerprint density at radius 3 is 2.83 bits per heavy atom. The first-order valence-electron chi connectivity index (χ1n) is 5.69. The van der Waals surface area contributed by atoms with Crippen molar-refractivity contribution >= 4 is 22.2 Å². The number of imidazole rings is 1. The van der Waals surface area contributed by atoms with Crippen LogP contribution in [0.1, 0.15) is 12.6 Å². The second kappa shape index (κ2) is 3.57. The van der Waals surface area contributed by atoms with E-state index >= 15 is 0 Å². The quantitative estimate of drug-likeness (QED) is 0.648. The van der Waals surface area contributed by atoms with Gasteiger partial charge in [-0.15, -0.1) is 0 Å². The largest absolute Gasteiger partial charge is 0.510 e. The number of hydrogen-bond donors (Lipinski definition) is 1. The van der Waals surface area contributed by atoms with Gasteiger partial charge in [-0.05, 0) is 43.5 Å². The Bertz CT molecular complexity index is 874. The van der Waals surface area contributed by atoms with Gasteiger partial charge >= 0.3 is 0 Å². The lowest BCUT2D eigenvalue weighted by Gasteiger charge is -2.00. The molecule has 1 aromatic carbocycles. The first-order valence-corrected chi connectivity index (χ1v) is 5.69. The van der Waals surface area contributed by atoms with E-state index in [0.29, 0.717) is 5.35 Å². The lowest BCUT2D eigenvalue weighted by molar-refractivity contribution is 0.495. The molecule has 3 aromatic rings. The van der Waals surface area contributed by atoms with E-state index in [1.165, 1.54) is 6.07 Å². The van der Waals surface area contributed by atoms with E-state index in [-0.39, 0.29) is 11.2 Å². The zero-order valence-corrected chi connectivity index (χ0v) is 10.1. The summed E-state index contributed by atoms with van der Waals surface area (Å²) in [7, 11) is 0. The van der Waals surface area contributed by atoms with Crippen LogP contribution >= 0.6 is 0 Å². The smallest absolute Gasteiger partial charge is 0.179 e. The summed E-state index contributed by atoms with van der Waals surface area (Å²) in [6.45, 7) is 3.50. The predicted octanol–water partition coefficient (Wildman–Crippen LogP) is 1.56. The molecule has 0 saturated carbocycles. The number of pyridine rings is 1. The van der Waals surface area contributed by atoms with E-state index in [9.17, 15) is 9.90 Å². The van der Waals surface area contributed by atoms with Gasteiger partial charge in [0.05, 0.1) is 5.69 Å². The summed E-state index contributed by atoms with van der Waals surface area (Å²) in [5.41, 5.74) is 1.52. The van der Waals surface area contributed by atoms with Gasteiger partial charge in [0.15, 0.2) is 5.43 Å². The zero-order valence-electron chi connectivity index (χ0n) is 10.1. The van der Waals surface area contributed by atoms with Crippen molar-refractivity contribution in [2.75, 3.05) is 0 Å². The lowest BCUT2D eigenvalue weighted by atomic mass is 10.2. The van der Waals surface area contributed by atoms with Gasteiger partial charge in [-0.2, -0.15) is 0 Å². The van der Waals surface area contributed by atoms with E-state index in [1.807, 2.05) is 23.6 Å². The maximum Gasteiger partial charge on any atom is 0.179 e. The standard InChI is InChI=1S/C14H12N2O2/c1-8-13(9(2)17)16-6-5-10-7-11(18)3-4-12(10)14(16)15-8/h3-7,17H,1-2H3/b13-9-. The number of aryl methyl sites for hydroxylation is 1. The molecule has 2 heterocycles. The molecule has 2 aromatic heterocycles. The topological polar surface area (TPSA) is 54.6 Å². The molecular formula is C14H12N2O2. The van der Waals surface area contributed by atoms with Crippen LogP contribution in [0.5, 0.6) is 0 Å². The summed E-state index contributed by atoms with van der Waals surface area (Å²) < 4.78 is 1.84. The number of aliphatic hydroxyl groups excluding tert-OH is 1. The summed E-state index contributed by atoms with van der Waals surface area (Å²) in [4.78, 5) is 15.8. The predicted molar refractivity (Wildman–Crippen MR) is 70.6 cm³/mol. The average molecular weight is 240 g/mol. The maximum absolute atomic E-state index is 11.3. The second-order valence-electron chi connectivity index (χ2n) is 4.39. The SMILES string of the molecule is C/C(O)=c1\c(C)nc2c3ccc(=O)cc3ccn12. The molecule has 0 unspecified atom stereocenters. The van der Waals surface area contributed by atoms with Crippen LogP contribution in [-0.2, 0) is 0 Å². The van der Waals surface area contributed by atoms with Crippen molar-refractivity contribution in [2.45, 2.75) is 13.8 Å². The van der Waals surface area contributed by atoms with E-state index in [0.717, 1.165) is 22.1 Å². The fourth-order valence-electron chi connectivity index (χ4n) is 2.35. The highest BCUT2D eigenvalue weighted by Gasteiger charge is 2.08. The molecule has 0 spiro atoms. The summed E-state index contributed by atoms with van der Waals surface area (Å²) in [5.74, 6) is 0.236. The highest BCUT2D eigenvalue weighted by atomic mass is 16.3. The number of aromatic nitrogens is 2.